The van der Waals surface area contributed by atoms with Crippen molar-refractivity contribution in [1.29, 1.82) is 0 Å². The van der Waals surface area contributed by atoms with Crippen molar-refractivity contribution >= 4 is 29.1 Å². The van der Waals surface area contributed by atoms with Gasteiger partial charge in [0.25, 0.3) is 0 Å². The Morgan fingerprint density at radius 1 is 1.26 bits per heavy atom. The maximum absolute atomic E-state index is 12.4. The molecule has 1 heterocycles. The van der Waals surface area contributed by atoms with E-state index in [0.29, 0.717) is 23.1 Å². The summed E-state index contributed by atoms with van der Waals surface area (Å²) >= 11 is 5.96. The summed E-state index contributed by atoms with van der Waals surface area (Å²) in [7, 11) is 3.11. The van der Waals surface area contributed by atoms with E-state index in [4.69, 9.17) is 21.1 Å². The van der Waals surface area contributed by atoms with E-state index in [1.807, 2.05) is 18.2 Å². The largest absolute Gasteiger partial charge is 0.495 e. The first kappa shape index (κ1) is 19.0. The van der Waals surface area contributed by atoms with E-state index in [1.54, 1.807) is 25.2 Å². The summed E-state index contributed by atoms with van der Waals surface area (Å²) in [4.78, 5) is 26.1. The Kier molecular flexibility index (Phi) is 5.86. The molecule has 2 aromatic rings. The van der Waals surface area contributed by atoms with Crippen molar-refractivity contribution in [1.82, 2.24) is 4.90 Å². The molecule has 0 saturated heterocycles. The highest BCUT2D eigenvalue weighted by atomic mass is 35.5. The molecule has 6 nitrogen and oxygen atoms in total. The first-order valence-corrected chi connectivity index (χ1v) is 8.96. The monoisotopic (exact) mass is 388 g/mol. The lowest BCUT2D eigenvalue weighted by atomic mass is 10.1. The number of benzene rings is 2. The number of halogens is 1. The van der Waals surface area contributed by atoms with Gasteiger partial charge in [0.05, 0.1) is 32.4 Å². The molecule has 3 rings (SSSR count). The second kappa shape index (κ2) is 8.31. The van der Waals surface area contributed by atoms with Crippen LogP contribution in [0, 0.1) is 0 Å². The van der Waals surface area contributed by atoms with Crippen LogP contribution in [0.2, 0.25) is 5.02 Å². The van der Waals surface area contributed by atoms with Gasteiger partial charge in [-0.25, -0.2) is 0 Å². The number of likely N-dealkylation sites (N-methyl/N-ethyl adjacent to an activating group) is 1. The van der Waals surface area contributed by atoms with Crippen molar-refractivity contribution < 1.29 is 19.1 Å². The van der Waals surface area contributed by atoms with E-state index in [2.05, 4.69) is 5.32 Å². The van der Waals surface area contributed by atoms with Gasteiger partial charge >= 0.3 is 0 Å². The molecule has 1 aliphatic heterocycles. The van der Waals surface area contributed by atoms with Crippen molar-refractivity contribution in [2.75, 3.05) is 32.6 Å². The number of nitrogens with zero attached hydrogens (tertiary/aromatic N) is 1. The predicted octanol–water partition coefficient (Wildman–Crippen LogP) is 2.92. The van der Waals surface area contributed by atoms with Crippen molar-refractivity contribution in [3.63, 3.8) is 0 Å². The standard InChI is InChI=1S/C20H21ClN2O4/c1-23(12-19(24)22-16-11-15(21)4-6-18(16)26-2)20(25)10-13-3-5-17-14(9-13)7-8-27-17/h3-6,9,11H,7-8,10,12H2,1-2H3,(H,22,24). The normalized spacial score (nSPS) is 12.1. The number of amides is 2. The third kappa shape index (κ3) is 4.71. The maximum Gasteiger partial charge on any atom is 0.244 e. The van der Waals surface area contributed by atoms with Gasteiger partial charge in [-0.05, 0) is 35.4 Å². The van der Waals surface area contributed by atoms with E-state index in [-0.39, 0.29) is 24.8 Å². The molecule has 0 atom stereocenters. The zero-order chi connectivity index (χ0) is 19.4. The van der Waals surface area contributed by atoms with E-state index >= 15 is 0 Å². The minimum atomic E-state index is -0.325. The molecule has 7 heteroatoms. The molecule has 1 N–H and O–H groups in total. The molecule has 0 fully saturated rings. The lowest BCUT2D eigenvalue weighted by Crippen LogP contribution is -2.35. The summed E-state index contributed by atoms with van der Waals surface area (Å²) in [6, 6.07) is 10.7. The molecular formula is C20H21ClN2O4. The minimum absolute atomic E-state index is 0.0669. The Hall–Kier alpha value is -2.73. The van der Waals surface area contributed by atoms with Crippen molar-refractivity contribution in [2.24, 2.45) is 0 Å². The van der Waals surface area contributed by atoms with Gasteiger partial charge in [0.15, 0.2) is 0 Å². The number of anilines is 1. The van der Waals surface area contributed by atoms with Crippen LogP contribution >= 0.6 is 11.6 Å². The number of hydrogen-bond donors (Lipinski definition) is 1. The van der Waals surface area contributed by atoms with E-state index < -0.39 is 0 Å². The van der Waals surface area contributed by atoms with E-state index in [1.165, 1.54) is 12.0 Å². The second-order valence-electron chi connectivity index (χ2n) is 6.36. The SMILES string of the molecule is COc1ccc(Cl)cc1NC(=O)CN(C)C(=O)Cc1ccc2c(c1)CCO2. The molecular weight excluding hydrogens is 368 g/mol. The molecule has 2 aromatic carbocycles. The van der Waals surface area contributed by atoms with Gasteiger partial charge < -0.3 is 19.7 Å². The number of ether oxygens (including phenoxy) is 2. The molecule has 0 radical (unpaired) electrons. The van der Waals surface area contributed by atoms with E-state index in [9.17, 15) is 9.59 Å². The fraction of sp³-hybridized carbons (Fsp3) is 0.300. The van der Waals surface area contributed by atoms with Gasteiger partial charge in [-0.2, -0.15) is 0 Å². The number of carbonyl (C=O) groups is 2. The molecule has 0 unspecified atom stereocenters. The molecule has 0 aliphatic carbocycles. The average molecular weight is 389 g/mol. The third-order valence-electron chi connectivity index (χ3n) is 4.35. The van der Waals surface area contributed by atoms with Gasteiger partial charge in [0.2, 0.25) is 11.8 Å². The highest BCUT2D eigenvalue weighted by molar-refractivity contribution is 6.31. The van der Waals surface area contributed by atoms with Gasteiger partial charge in [-0.15, -0.1) is 0 Å². The minimum Gasteiger partial charge on any atom is -0.495 e. The van der Waals surface area contributed by atoms with Crippen LogP contribution in [0.15, 0.2) is 36.4 Å². The van der Waals surface area contributed by atoms with Crippen LogP contribution in [0.5, 0.6) is 11.5 Å². The number of nitrogens with one attached hydrogen (secondary N) is 1. The summed E-state index contributed by atoms with van der Waals surface area (Å²) in [5.41, 5.74) is 2.50. The van der Waals surface area contributed by atoms with Crippen LogP contribution in [0.4, 0.5) is 5.69 Å². The Balaban J connectivity index is 1.58. The first-order chi connectivity index (χ1) is 13.0. The van der Waals surface area contributed by atoms with Crippen molar-refractivity contribution in [3.8, 4) is 11.5 Å². The smallest absolute Gasteiger partial charge is 0.244 e. The summed E-state index contributed by atoms with van der Waals surface area (Å²) < 4.78 is 10.7. The van der Waals surface area contributed by atoms with Crippen LogP contribution in [0.3, 0.4) is 0 Å². The van der Waals surface area contributed by atoms with Gasteiger partial charge in [0, 0.05) is 18.5 Å². The average Bonchev–Trinajstić information content (AvgIpc) is 3.09. The number of hydrogen-bond acceptors (Lipinski definition) is 4. The summed E-state index contributed by atoms with van der Waals surface area (Å²) in [6.07, 6.45) is 1.09. The Morgan fingerprint density at radius 3 is 2.85 bits per heavy atom. The van der Waals surface area contributed by atoms with Gasteiger partial charge in [-0.1, -0.05) is 23.7 Å². The summed E-state index contributed by atoms with van der Waals surface area (Å²) in [5.74, 6) is 0.923. The van der Waals surface area contributed by atoms with Gasteiger partial charge in [-0.3, -0.25) is 9.59 Å². The fourth-order valence-corrected chi connectivity index (χ4v) is 3.10. The predicted molar refractivity (Wildman–Crippen MR) is 104 cm³/mol. The summed E-state index contributed by atoms with van der Waals surface area (Å²) in [5, 5.41) is 3.21. The highest BCUT2D eigenvalue weighted by Crippen LogP contribution is 2.28. The fourth-order valence-electron chi connectivity index (χ4n) is 2.93. The highest BCUT2D eigenvalue weighted by Gasteiger charge is 2.17. The number of carbonyl (C=O) groups excluding carboxylic acids is 2. The second-order valence-corrected chi connectivity index (χ2v) is 6.80. The number of methoxy groups -OCH3 is 1. The molecule has 1 aliphatic rings. The number of rotatable bonds is 6. The molecule has 0 spiro atoms. The number of fused-ring (bicyclic) bond motifs is 1. The van der Waals surface area contributed by atoms with Crippen LogP contribution in [-0.4, -0.2) is 44.0 Å². The topological polar surface area (TPSA) is 67.9 Å². The lowest BCUT2D eigenvalue weighted by molar-refractivity contribution is -0.132. The van der Waals surface area contributed by atoms with Crippen LogP contribution in [0.1, 0.15) is 11.1 Å². The van der Waals surface area contributed by atoms with Crippen LogP contribution < -0.4 is 14.8 Å². The quantitative estimate of drug-likeness (QED) is 0.826. The third-order valence-corrected chi connectivity index (χ3v) is 4.59. The molecule has 0 bridgehead atoms. The van der Waals surface area contributed by atoms with Crippen molar-refractivity contribution in [3.05, 3.63) is 52.5 Å². The molecule has 27 heavy (non-hydrogen) atoms. The summed E-state index contributed by atoms with van der Waals surface area (Å²) in [6.45, 7) is 0.613. The molecule has 0 saturated carbocycles. The zero-order valence-corrected chi connectivity index (χ0v) is 16.0. The van der Waals surface area contributed by atoms with Crippen LogP contribution in [-0.2, 0) is 22.4 Å². The Morgan fingerprint density at radius 2 is 2.07 bits per heavy atom. The zero-order valence-electron chi connectivity index (χ0n) is 15.3. The first-order valence-electron chi connectivity index (χ1n) is 8.58. The van der Waals surface area contributed by atoms with E-state index in [0.717, 1.165) is 23.3 Å². The lowest BCUT2D eigenvalue weighted by Gasteiger charge is -2.18. The molecule has 0 aromatic heterocycles. The Bertz CT molecular complexity index is 869. The Labute approximate surface area is 163 Å². The molecule has 2 amide bonds. The van der Waals surface area contributed by atoms with Crippen LogP contribution in [0.25, 0.3) is 0 Å². The van der Waals surface area contributed by atoms with Gasteiger partial charge in [0.1, 0.15) is 11.5 Å². The van der Waals surface area contributed by atoms with Crippen molar-refractivity contribution in [2.45, 2.75) is 12.8 Å². The molecule has 142 valence electrons. The maximum atomic E-state index is 12.4.